The Kier molecular flexibility index (Phi) is 4.84. The highest BCUT2D eigenvalue weighted by atomic mass is 15.1. The zero-order valence-corrected chi connectivity index (χ0v) is 13.1. The summed E-state index contributed by atoms with van der Waals surface area (Å²) in [6, 6.07) is 15.6. The van der Waals surface area contributed by atoms with Gasteiger partial charge < -0.3 is 4.90 Å². The van der Waals surface area contributed by atoms with Gasteiger partial charge in [-0.15, -0.1) is 0 Å². The zero-order chi connectivity index (χ0) is 14.5. The molecule has 0 unspecified atom stereocenters. The molecular formula is C19H25N. The van der Waals surface area contributed by atoms with Crippen LogP contribution >= 0.6 is 0 Å². The topological polar surface area (TPSA) is 3.24 Å². The maximum Gasteiger partial charge on any atom is 0.0413 e. The van der Waals surface area contributed by atoms with E-state index in [2.05, 4.69) is 75.1 Å². The van der Waals surface area contributed by atoms with E-state index in [0.29, 0.717) is 0 Å². The first-order valence-electron chi connectivity index (χ1n) is 7.53. The Morgan fingerprint density at radius 2 is 1.45 bits per heavy atom. The average molecular weight is 267 g/mol. The molecule has 0 atom stereocenters. The molecule has 2 rings (SSSR count). The Balaban J connectivity index is 2.35. The van der Waals surface area contributed by atoms with Gasteiger partial charge in [0.25, 0.3) is 0 Å². The predicted octanol–water partition coefficient (Wildman–Crippen LogP) is 5.55. The van der Waals surface area contributed by atoms with Crippen LogP contribution in [0.3, 0.4) is 0 Å². The highest BCUT2D eigenvalue weighted by molar-refractivity contribution is 5.64. The van der Waals surface area contributed by atoms with Crippen molar-refractivity contribution < 1.29 is 0 Å². The molecule has 0 aliphatic heterocycles. The van der Waals surface area contributed by atoms with Crippen LogP contribution in [0.25, 0.3) is 0 Å². The molecule has 0 aliphatic carbocycles. The standard InChI is InChI=1S/C19H25N/c1-5-6-13-20(18-10-7-15(2)8-11-18)19-12-9-16(3)17(4)14-19/h7-12,14H,5-6,13H2,1-4H3. The fourth-order valence-electron chi connectivity index (χ4n) is 2.34. The van der Waals surface area contributed by atoms with Gasteiger partial charge in [0, 0.05) is 17.9 Å². The first kappa shape index (κ1) is 14.6. The Bertz CT molecular complexity index is 554. The smallest absolute Gasteiger partial charge is 0.0413 e. The van der Waals surface area contributed by atoms with E-state index in [0.717, 1.165) is 6.54 Å². The second-order valence-corrected chi connectivity index (χ2v) is 5.61. The third kappa shape index (κ3) is 3.41. The molecule has 0 bridgehead atoms. The molecule has 0 fully saturated rings. The normalized spacial score (nSPS) is 10.6. The molecule has 0 radical (unpaired) electrons. The lowest BCUT2D eigenvalue weighted by atomic mass is 10.1. The number of hydrogen-bond acceptors (Lipinski definition) is 1. The molecule has 0 spiro atoms. The number of hydrogen-bond donors (Lipinski definition) is 0. The molecule has 0 N–H and O–H groups in total. The van der Waals surface area contributed by atoms with Gasteiger partial charge in [0.1, 0.15) is 0 Å². The minimum absolute atomic E-state index is 1.07. The van der Waals surface area contributed by atoms with E-state index < -0.39 is 0 Å². The van der Waals surface area contributed by atoms with E-state index in [-0.39, 0.29) is 0 Å². The van der Waals surface area contributed by atoms with Crippen LogP contribution in [0, 0.1) is 20.8 Å². The number of unbranched alkanes of at least 4 members (excludes halogenated alkanes) is 1. The largest absolute Gasteiger partial charge is 0.341 e. The molecule has 106 valence electrons. The fraction of sp³-hybridized carbons (Fsp3) is 0.368. The SMILES string of the molecule is CCCCN(c1ccc(C)cc1)c1ccc(C)c(C)c1. The van der Waals surface area contributed by atoms with E-state index in [4.69, 9.17) is 0 Å². The van der Waals surface area contributed by atoms with Crippen molar-refractivity contribution in [1.82, 2.24) is 0 Å². The number of benzene rings is 2. The lowest BCUT2D eigenvalue weighted by molar-refractivity contribution is 0.785. The Morgan fingerprint density at radius 3 is 2.05 bits per heavy atom. The molecule has 20 heavy (non-hydrogen) atoms. The van der Waals surface area contributed by atoms with E-state index in [1.165, 1.54) is 40.9 Å². The summed E-state index contributed by atoms with van der Waals surface area (Å²) in [5, 5.41) is 0. The van der Waals surface area contributed by atoms with Gasteiger partial charge in [0.15, 0.2) is 0 Å². The van der Waals surface area contributed by atoms with Crippen LogP contribution in [0.2, 0.25) is 0 Å². The molecule has 0 saturated carbocycles. The van der Waals surface area contributed by atoms with Crippen molar-refractivity contribution in [1.29, 1.82) is 0 Å². The summed E-state index contributed by atoms with van der Waals surface area (Å²) >= 11 is 0. The lowest BCUT2D eigenvalue weighted by Crippen LogP contribution is -2.18. The molecule has 0 aromatic heterocycles. The molecule has 1 heteroatoms. The first-order valence-corrected chi connectivity index (χ1v) is 7.53. The third-order valence-corrected chi connectivity index (χ3v) is 3.88. The summed E-state index contributed by atoms with van der Waals surface area (Å²) in [4.78, 5) is 2.43. The molecule has 0 amide bonds. The molecule has 0 heterocycles. The molecule has 2 aromatic rings. The second kappa shape index (κ2) is 6.60. The number of aryl methyl sites for hydroxylation is 3. The highest BCUT2D eigenvalue weighted by Gasteiger charge is 2.09. The van der Waals surface area contributed by atoms with Crippen molar-refractivity contribution in [2.75, 3.05) is 11.4 Å². The summed E-state index contributed by atoms with van der Waals surface area (Å²) in [6.45, 7) is 9.80. The summed E-state index contributed by atoms with van der Waals surface area (Å²) < 4.78 is 0. The van der Waals surface area contributed by atoms with Crippen molar-refractivity contribution in [3.05, 3.63) is 59.2 Å². The first-order chi connectivity index (χ1) is 9.61. The zero-order valence-electron chi connectivity index (χ0n) is 13.1. The highest BCUT2D eigenvalue weighted by Crippen LogP contribution is 2.27. The summed E-state index contributed by atoms with van der Waals surface area (Å²) in [5.41, 5.74) is 6.60. The minimum atomic E-state index is 1.07. The van der Waals surface area contributed by atoms with Gasteiger partial charge in [0.2, 0.25) is 0 Å². The van der Waals surface area contributed by atoms with Crippen LogP contribution in [0.5, 0.6) is 0 Å². The maximum absolute atomic E-state index is 2.43. The molecule has 2 aromatic carbocycles. The van der Waals surface area contributed by atoms with Gasteiger partial charge >= 0.3 is 0 Å². The van der Waals surface area contributed by atoms with E-state index >= 15 is 0 Å². The van der Waals surface area contributed by atoms with Crippen molar-refractivity contribution in [3.63, 3.8) is 0 Å². The van der Waals surface area contributed by atoms with E-state index in [9.17, 15) is 0 Å². The minimum Gasteiger partial charge on any atom is -0.341 e. The summed E-state index contributed by atoms with van der Waals surface area (Å²) in [5.74, 6) is 0. The van der Waals surface area contributed by atoms with Gasteiger partial charge in [-0.2, -0.15) is 0 Å². The number of rotatable bonds is 5. The lowest BCUT2D eigenvalue weighted by Gasteiger charge is -2.26. The van der Waals surface area contributed by atoms with Gasteiger partial charge in [-0.1, -0.05) is 37.1 Å². The van der Waals surface area contributed by atoms with Gasteiger partial charge in [0.05, 0.1) is 0 Å². The van der Waals surface area contributed by atoms with Gasteiger partial charge in [-0.05, 0) is 62.6 Å². The van der Waals surface area contributed by atoms with E-state index in [1.807, 2.05) is 0 Å². The molecule has 1 nitrogen and oxygen atoms in total. The third-order valence-electron chi connectivity index (χ3n) is 3.88. The van der Waals surface area contributed by atoms with Crippen LogP contribution < -0.4 is 4.90 Å². The fourth-order valence-corrected chi connectivity index (χ4v) is 2.34. The van der Waals surface area contributed by atoms with Crippen LogP contribution in [0.1, 0.15) is 36.5 Å². The molecular weight excluding hydrogens is 242 g/mol. The van der Waals surface area contributed by atoms with Crippen molar-refractivity contribution >= 4 is 11.4 Å². The second-order valence-electron chi connectivity index (χ2n) is 5.61. The van der Waals surface area contributed by atoms with Crippen molar-refractivity contribution in [2.45, 2.75) is 40.5 Å². The van der Waals surface area contributed by atoms with E-state index in [1.54, 1.807) is 0 Å². The van der Waals surface area contributed by atoms with Crippen molar-refractivity contribution in [3.8, 4) is 0 Å². The van der Waals surface area contributed by atoms with Crippen LogP contribution in [0.4, 0.5) is 11.4 Å². The summed E-state index contributed by atoms with van der Waals surface area (Å²) in [6.07, 6.45) is 2.42. The maximum atomic E-state index is 2.43. The van der Waals surface area contributed by atoms with Crippen LogP contribution in [0.15, 0.2) is 42.5 Å². The Labute approximate surface area is 123 Å². The molecule has 0 aliphatic rings. The van der Waals surface area contributed by atoms with Gasteiger partial charge in [-0.3, -0.25) is 0 Å². The van der Waals surface area contributed by atoms with Crippen molar-refractivity contribution in [2.24, 2.45) is 0 Å². The quantitative estimate of drug-likeness (QED) is 0.686. The summed E-state index contributed by atoms with van der Waals surface area (Å²) in [7, 11) is 0. The Morgan fingerprint density at radius 1 is 0.800 bits per heavy atom. The van der Waals surface area contributed by atoms with Crippen LogP contribution in [-0.2, 0) is 0 Å². The average Bonchev–Trinajstić information content (AvgIpc) is 2.45. The monoisotopic (exact) mass is 267 g/mol. The van der Waals surface area contributed by atoms with Crippen LogP contribution in [-0.4, -0.2) is 6.54 Å². The number of anilines is 2. The predicted molar refractivity (Wildman–Crippen MR) is 89.0 cm³/mol. The Hall–Kier alpha value is -1.76. The molecule has 0 saturated heterocycles. The number of nitrogens with zero attached hydrogens (tertiary/aromatic N) is 1. The van der Waals surface area contributed by atoms with Gasteiger partial charge in [-0.25, -0.2) is 0 Å².